The molecule has 1 aromatic rings. The zero-order chi connectivity index (χ0) is 18.8. The van der Waals surface area contributed by atoms with Crippen molar-refractivity contribution in [1.82, 2.24) is 15.3 Å². The van der Waals surface area contributed by atoms with E-state index in [0.717, 1.165) is 29.8 Å². The third-order valence-electron chi connectivity index (χ3n) is 4.96. The fourth-order valence-electron chi connectivity index (χ4n) is 3.69. The lowest BCUT2D eigenvalue weighted by molar-refractivity contribution is -0.133. The van der Waals surface area contributed by atoms with Crippen molar-refractivity contribution in [2.45, 2.75) is 51.6 Å². The SMILES string of the molecule is CCC1C(C(=O)O)=C(NC)N(C(C)(C)CCc2ccccc2Cl)N1C. The van der Waals surface area contributed by atoms with Crippen molar-refractivity contribution in [2.24, 2.45) is 0 Å². The molecule has 0 saturated carbocycles. The van der Waals surface area contributed by atoms with Gasteiger partial charge in [0.05, 0.1) is 17.2 Å². The highest BCUT2D eigenvalue weighted by molar-refractivity contribution is 6.31. The quantitative estimate of drug-likeness (QED) is 0.774. The molecule has 0 bridgehead atoms. The van der Waals surface area contributed by atoms with Gasteiger partial charge in [0.15, 0.2) is 0 Å². The zero-order valence-electron chi connectivity index (χ0n) is 15.6. The van der Waals surface area contributed by atoms with Crippen LogP contribution in [0.2, 0.25) is 5.02 Å². The second-order valence-electron chi connectivity index (χ2n) is 7.03. The second kappa shape index (κ2) is 7.67. The van der Waals surface area contributed by atoms with Gasteiger partial charge in [0, 0.05) is 19.1 Å². The van der Waals surface area contributed by atoms with Crippen LogP contribution in [0.5, 0.6) is 0 Å². The number of likely N-dealkylation sites (N-methyl/N-ethyl adjacent to an activating group) is 1. The maximum atomic E-state index is 11.8. The predicted molar refractivity (Wildman–Crippen MR) is 101 cm³/mol. The van der Waals surface area contributed by atoms with Crippen molar-refractivity contribution in [2.75, 3.05) is 14.1 Å². The van der Waals surface area contributed by atoms with E-state index in [1.165, 1.54) is 0 Å². The molecule has 6 heteroatoms. The molecule has 138 valence electrons. The molecule has 1 atom stereocenters. The van der Waals surface area contributed by atoms with Gasteiger partial charge in [-0.15, -0.1) is 0 Å². The number of hydrogen-bond donors (Lipinski definition) is 2. The van der Waals surface area contributed by atoms with E-state index < -0.39 is 5.97 Å². The maximum Gasteiger partial charge on any atom is 0.336 e. The minimum Gasteiger partial charge on any atom is -0.478 e. The number of carbonyl (C=O) groups is 1. The minimum atomic E-state index is -0.868. The van der Waals surface area contributed by atoms with Crippen LogP contribution in [0.15, 0.2) is 35.7 Å². The Labute approximate surface area is 155 Å². The predicted octanol–water partition coefficient (Wildman–Crippen LogP) is 3.51. The highest BCUT2D eigenvalue weighted by Gasteiger charge is 2.44. The van der Waals surface area contributed by atoms with Gasteiger partial charge in [0.1, 0.15) is 5.82 Å². The molecule has 0 radical (unpaired) electrons. The number of nitrogens with zero attached hydrogens (tertiary/aromatic N) is 2. The Morgan fingerprint density at radius 1 is 1.36 bits per heavy atom. The first-order valence-electron chi connectivity index (χ1n) is 8.66. The minimum absolute atomic E-state index is 0.139. The van der Waals surface area contributed by atoms with Crippen LogP contribution < -0.4 is 5.32 Å². The smallest absolute Gasteiger partial charge is 0.336 e. The van der Waals surface area contributed by atoms with Crippen molar-refractivity contribution in [3.63, 3.8) is 0 Å². The molecular weight excluding hydrogens is 338 g/mol. The van der Waals surface area contributed by atoms with Crippen LogP contribution >= 0.6 is 11.6 Å². The van der Waals surface area contributed by atoms with E-state index >= 15 is 0 Å². The monoisotopic (exact) mass is 365 g/mol. The molecule has 1 aliphatic rings. The molecular formula is C19H28ClN3O2. The summed E-state index contributed by atoms with van der Waals surface area (Å²) in [5, 5.41) is 17.7. The number of halogens is 1. The number of hydrazine groups is 1. The molecule has 1 heterocycles. The molecule has 25 heavy (non-hydrogen) atoms. The van der Waals surface area contributed by atoms with Gasteiger partial charge >= 0.3 is 5.97 Å². The molecule has 0 saturated heterocycles. The fourth-order valence-corrected chi connectivity index (χ4v) is 3.92. The third kappa shape index (κ3) is 3.77. The zero-order valence-corrected chi connectivity index (χ0v) is 16.4. The lowest BCUT2D eigenvalue weighted by Gasteiger charge is -2.44. The van der Waals surface area contributed by atoms with Crippen LogP contribution in [0.1, 0.15) is 39.2 Å². The first-order valence-corrected chi connectivity index (χ1v) is 9.04. The molecule has 1 aliphatic heterocycles. The van der Waals surface area contributed by atoms with Crippen LogP contribution in [0.4, 0.5) is 0 Å². The van der Waals surface area contributed by atoms with E-state index in [9.17, 15) is 9.90 Å². The molecule has 0 aromatic heterocycles. The molecule has 2 N–H and O–H groups in total. The van der Waals surface area contributed by atoms with Gasteiger partial charge in [0.25, 0.3) is 0 Å². The molecule has 0 aliphatic carbocycles. The van der Waals surface area contributed by atoms with Crippen LogP contribution in [-0.4, -0.2) is 46.8 Å². The summed E-state index contributed by atoms with van der Waals surface area (Å²) in [5.41, 5.74) is 1.27. The first-order chi connectivity index (χ1) is 11.7. The van der Waals surface area contributed by atoms with Crippen LogP contribution in [-0.2, 0) is 11.2 Å². The number of nitrogens with one attached hydrogen (secondary N) is 1. The van der Waals surface area contributed by atoms with Gasteiger partial charge in [-0.1, -0.05) is 36.7 Å². The van der Waals surface area contributed by atoms with Gasteiger partial charge in [-0.25, -0.2) is 9.80 Å². The van der Waals surface area contributed by atoms with Gasteiger partial charge in [-0.3, -0.25) is 5.01 Å². The van der Waals surface area contributed by atoms with E-state index in [0.29, 0.717) is 11.4 Å². The number of carboxylic acids is 1. The molecule has 1 unspecified atom stereocenters. The van der Waals surface area contributed by atoms with Crippen molar-refractivity contribution in [3.8, 4) is 0 Å². The Hall–Kier alpha value is -1.72. The highest BCUT2D eigenvalue weighted by Crippen LogP contribution is 2.36. The Balaban J connectivity index is 2.30. The summed E-state index contributed by atoms with van der Waals surface area (Å²) in [6.07, 6.45) is 2.41. The summed E-state index contributed by atoms with van der Waals surface area (Å²) in [5.74, 6) is -0.196. The molecule has 0 spiro atoms. The van der Waals surface area contributed by atoms with Gasteiger partial charge in [0.2, 0.25) is 0 Å². The largest absolute Gasteiger partial charge is 0.478 e. The lowest BCUT2D eigenvalue weighted by atomic mass is 9.94. The number of aliphatic carboxylic acids is 1. The standard InChI is InChI=1S/C19H28ClN3O2/c1-6-15-16(18(24)25)17(21-4)23(22(15)5)19(2,3)12-11-13-9-7-8-10-14(13)20/h7-10,15,21H,6,11-12H2,1-5H3,(H,24,25). The number of carboxylic acid groups (broad SMARTS) is 1. The number of benzene rings is 1. The summed E-state index contributed by atoms with van der Waals surface area (Å²) < 4.78 is 0. The Morgan fingerprint density at radius 2 is 2.00 bits per heavy atom. The molecule has 5 nitrogen and oxygen atoms in total. The van der Waals surface area contributed by atoms with E-state index in [1.54, 1.807) is 7.05 Å². The normalized spacial score (nSPS) is 18.8. The molecule has 0 fully saturated rings. The second-order valence-corrected chi connectivity index (χ2v) is 7.44. The third-order valence-corrected chi connectivity index (χ3v) is 5.33. The Kier molecular flexibility index (Phi) is 6.01. The fraction of sp³-hybridized carbons (Fsp3) is 0.526. The number of hydrogen-bond acceptors (Lipinski definition) is 4. The molecule has 2 rings (SSSR count). The van der Waals surface area contributed by atoms with Gasteiger partial charge in [-0.2, -0.15) is 0 Å². The Morgan fingerprint density at radius 3 is 2.52 bits per heavy atom. The topological polar surface area (TPSA) is 55.8 Å². The van der Waals surface area contributed by atoms with E-state index in [4.69, 9.17) is 11.6 Å². The van der Waals surface area contributed by atoms with E-state index in [-0.39, 0.29) is 11.6 Å². The summed E-state index contributed by atoms with van der Waals surface area (Å²) in [7, 11) is 3.74. The van der Waals surface area contributed by atoms with E-state index in [2.05, 4.69) is 24.2 Å². The van der Waals surface area contributed by atoms with Crippen LogP contribution in [0, 0.1) is 0 Å². The van der Waals surface area contributed by atoms with Gasteiger partial charge < -0.3 is 10.4 Å². The average molecular weight is 366 g/mol. The summed E-state index contributed by atoms with van der Waals surface area (Å²) in [6, 6.07) is 7.72. The summed E-state index contributed by atoms with van der Waals surface area (Å²) in [6.45, 7) is 6.28. The maximum absolute atomic E-state index is 11.8. The van der Waals surface area contributed by atoms with E-state index in [1.807, 2.05) is 43.2 Å². The van der Waals surface area contributed by atoms with Crippen LogP contribution in [0.25, 0.3) is 0 Å². The van der Waals surface area contributed by atoms with Crippen molar-refractivity contribution in [3.05, 3.63) is 46.2 Å². The van der Waals surface area contributed by atoms with Crippen molar-refractivity contribution in [1.29, 1.82) is 0 Å². The molecule has 0 amide bonds. The first kappa shape index (κ1) is 19.6. The number of rotatable bonds is 7. The average Bonchev–Trinajstić information content (AvgIpc) is 2.86. The molecule has 1 aromatic carbocycles. The van der Waals surface area contributed by atoms with Crippen LogP contribution in [0.3, 0.4) is 0 Å². The summed E-state index contributed by atoms with van der Waals surface area (Å²) >= 11 is 6.28. The highest BCUT2D eigenvalue weighted by atomic mass is 35.5. The Bertz CT molecular complexity index is 672. The van der Waals surface area contributed by atoms with Gasteiger partial charge in [-0.05, 0) is 44.7 Å². The van der Waals surface area contributed by atoms with Crippen molar-refractivity contribution >= 4 is 17.6 Å². The number of aryl methyl sites for hydroxylation is 1. The lowest BCUT2D eigenvalue weighted by Crippen LogP contribution is -2.53. The summed E-state index contributed by atoms with van der Waals surface area (Å²) in [4.78, 5) is 11.8. The van der Waals surface area contributed by atoms with Crippen molar-refractivity contribution < 1.29 is 9.90 Å².